The van der Waals surface area contributed by atoms with Crippen LogP contribution in [0.5, 0.6) is 11.5 Å². The van der Waals surface area contributed by atoms with Gasteiger partial charge < -0.3 is 19.7 Å². The largest absolute Gasteiger partial charge is 0.454 e. The highest BCUT2D eigenvalue weighted by atomic mass is 16.7. The Kier molecular flexibility index (Phi) is 4.62. The van der Waals surface area contributed by atoms with Crippen molar-refractivity contribution in [3.63, 3.8) is 0 Å². The average Bonchev–Trinajstić information content (AvgIpc) is 3.20. The van der Waals surface area contributed by atoms with E-state index in [0.29, 0.717) is 13.3 Å². The van der Waals surface area contributed by atoms with Gasteiger partial charge in [-0.2, -0.15) is 0 Å². The Morgan fingerprint density at radius 3 is 2.69 bits per heavy atom. The van der Waals surface area contributed by atoms with Gasteiger partial charge in [-0.1, -0.05) is 30.7 Å². The molecule has 3 heterocycles. The Hall–Kier alpha value is -3.02. The van der Waals surface area contributed by atoms with Gasteiger partial charge >= 0.3 is 0 Å². The van der Waals surface area contributed by atoms with Gasteiger partial charge in [-0.05, 0) is 49.4 Å². The summed E-state index contributed by atoms with van der Waals surface area (Å²) in [6, 6.07) is 12.5. The van der Waals surface area contributed by atoms with Crippen molar-refractivity contribution in [1.82, 2.24) is 10.2 Å². The van der Waals surface area contributed by atoms with E-state index in [1.165, 1.54) is 18.4 Å². The molecular formula is C23H26N4O2. The van der Waals surface area contributed by atoms with Gasteiger partial charge in [0.25, 0.3) is 0 Å². The summed E-state index contributed by atoms with van der Waals surface area (Å²) in [6.45, 7) is 7.47. The molecule has 0 amide bonds. The lowest BCUT2D eigenvalue weighted by molar-refractivity contribution is 0.174. The first-order chi connectivity index (χ1) is 14.2. The molecule has 1 saturated heterocycles. The number of ether oxygens (including phenoxy) is 2. The third-order valence-corrected chi connectivity index (χ3v) is 5.90. The van der Waals surface area contributed by atoms with Gasteiger partial charge in [0, 0.05) is 30.4 Å². The zero-order valence-electron chi connectivity index (χ0n) is 16.9. The third-order valence-electron chi connectivity index (χ3n) is 5.90. The lowest BCUT2D eigenvalue weighted by atomic mass is 9.99. The molecule has 6 nitrogen and oxygen atoms in total. The Bertz CT molecular complexity index is 1040. The minimum atomic E-state index is 0.290. The molecule has 0 atom stereocenters. The number of aryl methyl sites for hydroxylation is 1. The summed E-state index contributed by atoms with van der Waals surface area (Å²) >= 11 is 0. The van der Waals surface area contributed by atoms with Gasteiger partial charge in [0.2, 0.25) is 6.79 Å². The smallest absolute Gasteiger partial charge is 0.231 e. The van der Waals surface area contributed by atoms with Crippen LogP contribution in [-0.4, -0.2) is 30.1 Å². The predicted octanol–water partition coefficient (Wildman–Crippen LogP) is 4.52. The molecule has 150 valence electrons. The van der Waals surface area contributed by atoms with Gasteiger partial charge in [0.05, 0.1) is 0 Å². The summed E-state index contributed by atoms with van der Waals surface area (Å²) in [4.78, 5) is 2.38. The molecule has 2 aliphatic heterocycles. The monoisotopic (exact) mass is 390 g/mol. The number of piperidine rings is 1. The number of fused-ring (bicyclic) bond motifs is 2. The second kappa shape index (κ2) is 7.43. The molecule has 2 aliphatic rings. The second-order valence-electron chi connectivity index (χ2n) is 8.13. The number of aromatic nitrogens is 2. The van der Waals surface area contributed by atoms with E-state index in [9.17, 15) is 0 Å². The van der Waals surface area contributed by atoms with E-state index in [1.807, 2.05) is 18.2 Å². The van der Waals surface area contributed by atoms with Gasteiger partial charge in [0.15, 0.2) is 23.1 Å². The van der Waals surface area contributed by atoms with Gasteiger partial charge in [-0.25, -0.2) is 0 Å². The molecule has 0 spiro atoms. The van der Waals surface area contributed by atoms with Gasteiger partial charge in [-0.3, -0.25) is 0 Å². The van der Waals surface area contributed by atoms with Crippen LogP contribution in [0.1, 0.15) is 30.9 Å². The van der Waals surface area contributed by atoms with E-state index in [-0.39, 0.29) is 0 Å². The van der Waals surface area contributed by atoms with E-state index < -0.39 is 0 Å². The van der Waals surface area contributed by atoms with Gasteiger partial charge in [0.1, 0.15) is 0 Å². The van der Waals surface area contributed by atoms with E-state index in [4.69, 9.17) is 9.47 Å². The maximum atomic E-state index is 5.48. The van der Waals surface area contributed by atoms with E-state index in [2.05, 4.69) is 52.5 Å². The van der Waals surface area contributed by atoms with Crippen LogP contribution < -0.4 is 19.7 Å². The first-order valence-electron chi connectivity index (χ1n) is 10.3. The van der Waals surface area contributed by atoms with Crippen molar-refractivity contribution in [3.8, 4) is 11.5 Å². The topological polar surface area (TPSA) is 59.5 Å². The van der Waals surface area contributed by atoms with Crippen molar-refractivity contribution in [2.75, 3.05) is 30.1 Å². The molecule has 0 aliphatic carbocycles. The number of rotatable bonds is 4. The van der Waals surface area contributed by atoms with E-state index in [0.717, 1.165) is 58.5 Å². The molecule has 1 fully saturated rings. The minimum absolute atomic E-state index is 0.290. The standard InChI is InChI=1S/C23H26N4O2/c1-15-7-9-27(10-8-15)23-18-5-3-16(2)11-19(18)22(25-26-23)24-13-17-4-6-20-21(12-17)29-14-28-20/h3-6,11-12,15H,7-10,13-14H2,1-2H3,(H,24,25). The molecule has 3 aromatic rings. The predicted molar refractivity (Wildman–Crippen MR) is 115 cm³/mol. The number of hydrogen-bond acceptors (Lipinski definition) is 6. The fourth-order valence-electron chi connectivity index (χ4n) is 4.08. The van der Waals surface area contributed by atoms with Crippen LogP contribution in [0.25, 0.3) is 10.8 Å². The quantitative estimate of drug-likeness (QED) is 0.707. The molecule has 6 heteroatoms. The fourth-order valence-corrected chi connectivity index (χ4v) is 4.08. The number of nitrogens with one attached hydrogen (secondary N) is 1. The maximum Gasteiger partial charge on any atom is 0.231 e. The maximum absolute atomic E-state index is 5.48. The molecule has 0 radical (unpaired) electrons. The first kappa shape index (κ1) is 18.0. The SMILES string of the molecule is Cc1ccc2c(N3CCC(C)CC3)nnc(NCc3ccc4c(c3)OCO4)c2c1. The molecule has 0 saturated carbocycles. The van der Waals surface area contributed by atoms with Gasteiger partial charge in [-0.15, -0.1) is 10.2 Å². The number of hydrogen-bond donors (Lipinski definition) is 1. The normalized spacial score (nSPS) is 16.4. The molecule has 2 aromatic carbocycles. The number of nitrogens with zero attached hydrogens (tertiary/aromatic N) is 3. The highest BCUT2D eigenvalue weighted by Crippen LogP contribution is 2.34. The molecule has 0 unspecified atom stereocenters. The molecular weight excluding hydrogens is 364 g/mol. The van der Waals surface area contributed by atoms with Crippen LogP contribution in [0.4, 0.5) is 11.6 Å². The van der Waals surface area contributed by atoms with Crippen molar-refractivity contribution in [1.29, 1.82) is 0 Å². The van der Waals surface area contributed by atoms with Crippen LogP contribution in [0.15, 0.2) is 36.4 Å². The lowest BCUT2D eigenvalue weighted by Crippen LogP contribution is -2.33. The molecule has 1 N–H and O–H groups in total. The molecule has 0 bridgehead atoms. The van der Waals surface area contributed by atoms with Crippen molar-refractivity contribution in [3.05, 3.63) is 47.5 Å². The highest BCUT2D eigenvalue weighted by molar-refractivity contribution is 5.99. The van der Waals surface area contributed by atoms with Crippen molar-refractivity contribution in [2.45, 2.75) is 33.2 Å². The average molecular weight is 390 g/mol. The Morgan fingerprint density at radius 1 is 1.00 bits per heavy atom. The van der Waals surface area contributed by atoms with Crippen LogP contribution in [0.2, 0.25) is 0 Å². The first-order valence-corrected chi connectivity index (χ1v) is 10.3. The summed E-state index contributed by atoms with van der Waals surface area (Å²) in [5, 5.41) is 14.9. The summed E-state index contributed by atoms with van der Waals surface area (Å²) < 4.78 is 10.9. The lowest BCUT2D eigenvalue weighted by Gasteiger charge is -2.31. The van der Waals surface area contributed by atoms with E-state index >= 15 is 0 Å². The molecule has 5 rings (SSSR count). The summed E-state index contributed by atoms with van der Waals surface area (Å²) in [5.41, 5.74) is 2.33. The van der Waals surface area contributed by atoms with Crippen molar-refractivity contribution < 1.29 is 9.47 Å². The third kappa shape index (κ3) is 3.55. The van der Waals surface area contributed by atoms with Crippen molar-refractivity contribution >= 4 is 22.4 Å². The fraction of sp³-hybridized carbons (Fsp3) is 0.391. The number of anilines is 2. The molecule has 29 heavy (non-hydrogen) atoms. The number of benzene rings is 2. The van der Waals surface area contributed by atoms with Crippen LogP contribution >= 0.6 is 0 Å². The van der Waals surface area contributed by atoms with Crippen LogP contribution in [0.3, 0.4) is 0 Å². The minimum Gasteiger partial charge on any atom is -0.454 e. The Labute approximate surface area is 170 Å². The van der Waals surface area contributed by atoms with Crippen LogP contribution in [-0.2, 0) is 6.54 Å². The summed E-state index contributed by atoms with van der Waals surface area (Å²) in [5.74, 6) is 4.20. The zero-order chi connectivity index (χ0) is 19.8. The zero-order valence-corrected chi connectivity index (χ0v) is 16.9. The Balaban J connectivity index is 1.43. The summed E-state index contributed by atoms with van der Waals surface area (Å²) in [7, 11) is 0. The highest BCUT2D eigenvalue weighted by Gasteiger charge is 2.20. The summed E-state index contributed by atoms with van der Waals surface area (Å²) in [6.07, 6.45) is 2.41. The Morgan fingerprint density at radius 2 is 1.83 bits per heavy atom. The van der Waals surface area contributed by atoms with Crippen LogP contribution in [0, 0.1) is 12.8 Å². The molecule has 1 aromatic heterocycles. The van der Waals surface area contributed by atoms with Crippen molar-refractivity contribution in [2.24, 2.45) is 5.92 Å². The second-order valence-corrected chi connectivity index (χ2v) is 8.13. The van der Waals surface area contributed by atoms with E-state index in [1.54, 1.807) is 0 Å².